The molecule has 0 saturated carbocycles. The molecule has 0 aliphatic carbocycles. The van der Waals surface area contributed by atoms with Gasteiger partial charge in [-0.05, 0) is 67.1 Å². The number of sulfonamides is 1. The van der Waals surface area contributed by atoms with Crippen LogP contribution in [-0.2, 0) is 10.0 Å². The first-order valence-corrected chi connectivity index (χ1v) is 10.1. The minimum Gasteiger partial charge on any atom is -0.478 e. The zero-order chi connectivity index (χ0) is 20.6. The third-order valence-corrected chi connectivity index (χ3v) is 5.70. The standard InChI is InChI=1S/C21H16N2O5S/c1-13-5-10-19-18(11-13)22-20(28-19)14-6-8-16(9-7-14)23-29(26,27)17-4-2-3-15(12-17)21(24)25/h2-12,23H,1H3,(H,24,25). The van der Waals surface area contributed by atoms with Crippen molar-refractivity contribution in [1.29, 1.82) is 0 Å². The first-order valence-electron chi connectivity index (χ1n) is 8.66. The molecule has 4 aromatic rings. The molecule has 4 rings (SSSR count). The maximum atomic E-state index is 12.5. The zero-order valence-corrected chi connectivity index (χ0v) is 16.1. The Bertz CT molecular complexity index is 1320. The largest absolute Gasteiger partial charge is 0.478 e. The van der Waals surface area contributed by atoms with Crippen LogP contribution in [0.3, 0.4) is 0 Å². The minimum atomic E-state index is -3.92. The molecule has 0 atom stereocenters. The monoisotopic (exact) mass is 408 g/mol. The van der Waals surface area contributed by atoms with E-state index in [-0.39, 0.29) is 10.5 Å². The molecule has 2 N–H and O–H groups in total. The summed E-state index contributed by atoms with van der Waals surface area (Å²) in [6.45, 7) is 1.97. The molecule has 0 saturated heterocycles. The van der Waals surface area contributed by atoms with Gasteiger partial charge in [-0.2, -0.15) is 0 Å². The highest BCUT2D eigenvalue weighted by molar-refractivity contribution is 7.92. The first-order chi connectivity index (χ1) is 13.8. The topological polar surface area (TPSA) is 110 Å². The van der Waals surface area contributed by atoms with Gasteiger partial charge < -0.3 is 9.52 Å². The number of oxazole rings is 1. The van der Waals surface area contributed by atoms with Crippen LogP contribution < -0.4 is 4.72 Å². The van der Waals surface area contributed by atoms with Gasteiger partial charge in [0.25, 0.3) is 10.0 Å². The number of rotatable bonds is 5. The van der Waals surface area contributed by atoms with Crippen LogP contribution in [0.2, 0.25) is 0 Å². The van der Waals surface area contributed by atoms with Crippen molar-refractivity contribution in [2.45, 2.75) is 11.8 Å². The molecule has 0 spiro atoms. The number of hydrogen-bond acceptors (Lipinski definition) is 5. The van der Waals surface area contributed by atoms with Gasteiger partial charge >= 0.3 is 5.97 Å². The quantitative estimate of drug-likeness (QED) is 0.509. The molecular weight excluding hydrogens is 392 g/mol. The number of hydrogen-bond donors (Lipinski definition) is 2. The van der Waals surface area contributed by atoms with E-state index >= 15 is 0 Å². The number of nitrogens with zero attached hydrogens (tertiary/aromatic N) is 1. The maximum absolute atomic E-state index is 12.5. The Kier molecular flexibility index (Phi) is 4.56. The molecule has 7 nitrogen and oxygen atoms in total. The lowest BCUT2D eigenvalue weighted by atomic mass is 10.2. The Balaban J connectivity index is 1.59. The molecule has 1 heterocycles. The van der Waals surface area contributed by atoms with Crippen LogP contribution >= 0.6 is 0 Å². The molecule has 29 heavy (non-hydrogen) atoms. The predicted molar refractivity (Wildman–Crippen MR) is 108 cm³/mol. The summed E-state index contributed by atoms with van der Waals surface area (Å²) in [6, 6.07) is 17.5. The summed E-state index contributed by atoms with van der Waals surface area (Å²) in [6.07, 6.45) is 0. The normalized spacial score (nSPS) is 11.5. The molecule has 8 heteroatoms. The fourth-order valence-corrected chi connectivity index (χ4v) is 3.96. The van der Waals surface area contributed by atoms with E-state index in [1.54, 1.807) is 24.3 Å². The Labute approximate surface area is 166 Å². The van der Waals surface area contributed by atoms with Crippen LogP contribution in [0.5, 0.6) is 0 Å². The first kappa shape index (κ1) is 18.7. The number of fused-ring (bicyclic) bond motifs is 1. The van der Waals surface area contributed by atoms with Crippen molar-refractivity contribution in [3.05, 3.63) is 77.9 Å². The van der Waals surface area contributed by atoms with Gasteiger partial charge in [0, 0.05) is 11.3 Å². The van der Waals surface area contributed by atoms with Gasteiger partial charge in [-0.25, -0.2) is 18.2 Å². The van der Waals surface area contributed by atoms with E-state index in [1.807, 2.05) is 25.1 Å². The average Bonchev–Trinajstić information content (AvgIpc) is 3.11. The number of carboxylic acids is 1. The van der Waals surface area contributed by atoms with Crippen LogP contribution in [0.4, 0.5) is 5.69 Å². The SMILES string of the molecule is Cc1ccc2oc(-c3ccc(NS(=O)(=O)c4cccc(C(=O)O)c4)cc3)nc2c1. The molecule has 0 fully saturated rings. The number of aryl methyl sites for hydroxylation is 1. The predicted octanol–water partition coefficient (Wildman–Crippen LogP) is 4.30. The van der Waals surface area contributed by atoms with Gasteiger partial charge in [-0.1, -0.05) is 12.1 Å². The summed E-state index contributed by atoms with van der Waals surface area (Å²) in [5, 5.41) is 9.04. The van der Waals surface area contributed by atoms with Crippen molar-refractivity contribution < 1.29 is 22.7 Å². The number of anilines is 1. The summed E-state index contributed by atoms with van der Waals surface area (Å²) in [5.74, 6) is -0.755. The molecular formula is C21H16N2O5S. The highest BCUT2D eigenvalue weighted by atomic mass is 32.2. The molecule has 3 aromatic carbocycles. The van der Waals surface area contributed by atoms with Crippen molar-refractivity contribution in [1.82, 2.24) is 4.98 Å². The van der Waals surface area contributed by atoms with Crippen molar-refractivity contribution >= 4 is 32.8 Å². The Morgan fingerprint density at radius 3 is 2.52 bits per heavy atom. The van der Waals surface area contributed by atoms with Crippen LogP contribution in [0.1, 0.15) is 15.9 Å². The van der Waals surface area contributed by atoms with Crippen LogP contribution in [0.15, 0.2) is 76.0 Å². The summed E-state index contributed by atoms with van der Waals surface area (Å²) in [5.41, 5.74) is 3.44. The average molecular weight is 408 g/mol. The van der Waals surface area contributed by atoms with E-state index in [0.29, 0.717) is 22.7 Å². The lowest BCUT2D eigenvalue weighted by Crippen LogP contribution is -2.13. The third kappa shape index (κ3) is 3.83. The van der Waals surface area contributed by atoms with Crippen LogP contribution in [0.25, 0.3) is 22.6 Å². The third-order valence-electron chi connectivity index (χ3n) is 4.32. The molecule has 0 radical (unpaired) electrons. The van der Waals surface area contributed by atoms with Gasteiger partial charge in [-0.15, -0.1) is 0 Å². The highest BCUT2D eigenvalue weighted by Crippen LogP contribution is 2.26. The van der Waals surface area contributed by atoms with E-state index in [0.717, 1.165) is 17.1 Å². The Morgan fingerprint density at radius 1 is 1.03 bits per heavy atom. The fourth-order valence-electron chi connectivity index (χ4n) is 2.85. The fraction of sp³-hybridized carbons (Fsp3) is 0.0476. The molecule has 1 aromatic heterocycles. The second-order valence-electron chi connectivity index (χ2n) is 6.51. The summed E-state index contributed by atoms with van der Waals surface area (Å²) in [7, 11) is -3.92. The summed E-state index contributed by atoms with van der Waals surface area (Å²) in [4.78, 5) is 15.4. The zero-order valence-electron chi connectivity index (χ0n) is 15.3. The van der Waals surface area contributed by atoms with Crippen molar-refractivity contribution in [2.24, 2.45) is 0 Å². The Hall–Kier alpha value is -3.65. The molecule has 0 bridgehead atoms. The van der Waals surface area contributed by atoms with Gasteiger partial charge in [0.15, 0.2) is 5.58 Å². The molecule has 0 unspecified atom stereocenters. The molecule has 0 amide bonds. The van der Waals surface area contributed by atoms with Crippen LogP contribution in [-0.4, -0.2) is 24.5 Å². The molecule has 0 aliphatic heterocycles. The molecule has 146 valence electrons. The number of benzene rings is 3. The minimum absolute atomic E-state index is 0.102. The lowest BCUT2D eigenvalue weighted by Gasteiger charge is -2.09. The van der Waals surface area contributed by atoms with Gasteiger partial charge in [0.2, 0.25) is 5.89 Å². The lowest BCUT2D eigenvalue weighted by molar-refractivity contribution is 0.0696. The molecule has 0 aliphatic rings. The number of carbonyl (C=O) groups is 1. The second kappa shape index (κ2) is 7.06. The summed E-state index contributed by atoms with van der Waals surface area (Å²) >= 11 is 0. The van der Waals surface area contributed by atoms with E-state index < -0.39 is 16.0 Å². The summed E-state index contributed by atoms with van der Waals surface area (Å²) < 4.78 is 33.3. The number of carboxylic acid groups (broad SMARTS) is 1. The Morgan fingerprint density at radius 2 is 1.79 bits per heavy atom. The van der Waals surface area contributed by atoms with Gasteiger partial charge in [-0.3, -0.25) is 4.72 Å². The van der Waals surface area contributed by atoms with Crippen molar-refractivity contribution in [2.75, 3.05) is 4.72 Å². The highest BCUT2D eigenvalue weighted by Gasteiger charge is 2.17. The van der Waals surface area contributed by atoms with E-state index in [9.17, 15) is 13.2 Å². The van der Waals surface area contributed by atoms with Crippen LogP contribution in [0, 0.1) is 6.92 Å². The van der Waals surface area contributed by atoms with Crippen molar-refractivity contribution in [3.63, 3.8) is 0 Å². The van der Waals surface area contributed by atoms with Gasteiger partial charge in [0.05, 0.1) is 10.5 Å². The van der Waals surface area contributed by atoms with E-state index in [4.69, 9.17) is 9.52 Å². The second-order valence-corrected chi connectivity index (χ2v) is 8.19. The van der Waals surface area contributed by atoms with Crippen molar-refractivity contribution in [3.8, 4) is 11.5 Å². The van der Waals surface area contributed by atoms with E-state index in [2.05, 4.69) is 9.71 Å². The smallest absolute Gasteiger partial charge is 0.335 e. The number of nitrogens with one attached hydrogen (secondary N) is 1. The maximum Gasteiger partial charge on any atom is 0.335 e. The van der Waals surface area contributed by atoms with E-state index in [1.165, 1.54) is 18.2 Å². The van der Waals surface area contributed by atoms with Gasteiger partial charge in [0.1, 0.15) is 5.52 Å². The number of aromatic nitrogens is 1. The number of aromatic carboxylic acids is 1.